The van der Waals surface area contributed by atoms with Crippen LogP contribution in [-0.2, 0) is 41.6 Å². The van der Waals surface area contributed by atoms with Crippen molar-refractivity contribution < 1.29 is 44.1 Å². The fourth-order valence-electron chi connectivity index (χ4n) is 6.03. The lowest BCUT2D eigenvalue weighted by molar-refractivity contribution is -0.142. The first-order chi connectivity index (χ1) is 26.4. The van der Waals surface area contributed by atoms with Gasteiger partial charge in [0, 0.05) is 29.9 Å². The number of benzene rings is 2. The van der Waals surface area contributed by atoms with E-state index in [1.54, 1.807) is 39.1 Å². The molecule has 11 N–H and O–H groups in total. The van der Waals surface area contributed by atoms with Crippen molar-refractivity contribution in [2.24, 2.45) is 23.5 Å². The number of amides is 5. The molecule has 3 aromatic rings. The normalized spacial score (nSPS) is 15.2. The van der Waals surface area contributed by atoms with Gasteiger partial charge in [0.2, 0.25) is 29.5 Å². The number of aromatic amines is 1. The molecule has 5 amide bonds. The Morgan fingerprint density at radius 3 is 1.88 bits per heavy atom. The average molecular weight is 780 g/mol. The highest BCUT2D eigenvalue weighted by atomic mass is 16.4. The molecule has 0 radical (unpaired) electrons. The second kappa shape index (κ2) is 21.0. The molecule has 0 spiro atoms. The molecular formula is C40H57N7O9. The summed E-state index contributed by atoms with van der Waals surface area (Å²) in [5.41, 5.74) is 7.91. The summed E-state index contributed by atoms with van der Waals surface area (Å²) in [6, 6.07) is 5.89. The van der Waals surface area contributed by atoms with E-state index in [9.17, 15) is 44.1 Å². The third kappa shape index (κ3) is 12.8. The maximum Gasteiger partial charge on any atom is 0.326 e. The van der Waals surface area contributed by atoms with E-state index in [1.807, 2.05) is 45.0 Å². The SMILES string of the molecule is CC[C@H](C)[C@H](NC(=O)[C@H](CC(C)C)NC(=O)[C@H](CO)NC(=O)[C@@H](N)C(C)C)C(=O)N[C@@H](Cc1c[nH]c2ccccc12)C(=O)N[C@@H](Cc1ccc(O)cc1)C(=O)O. The minimum atomic E-state index is -1.39. The van der Waals surface area contributed by atoms with Gasteiger partial charge in [-0.15, -0.1) is 0 Å². The lowest BCUT2D eigenvalue weighted by atomic mass is 9.95. The Balaban J connectivity index is 1.88. The monoisotopic (exact) mass is 779 g/mol. The van der Waals surface area contributed by atoms with Crippen molar-refractivity contribution in [1.29, 1.82) is 0 Å². The Hall–Kier alpha value is -5.48. The number of phenolic OH excluding ortho intramolecular Hbond substituents is 1. The largest absolute Gasteiger partial charge is 0.508 e. The zero-order chi connectivity index (χ0) is 41.7. The number of carbonyl (C=O) groups is 6. The first-order valence-corrected chi connectivity index (χ1v) is 18.9. The summed E-state index contributed by atoms with van der Waals surface area (Å²) in [5, 5.41) is 43.5. The summed E-state index contributed by atoms with van der Waals surface area (Å²) in [6.07, 6.45) is 2.15. The number of hydrogen-bond acceptors (Lipinski definition) is 9. The minimum Gasteiger partial charge on any atom is -0.508 e. The third-order valence-electron chi connectivity index (χ3n) is 9.69. The van der Waals surface area contributed by atoms with E-state index in [0.717, 1.165) is 10.9 Å². The Morgan fingerprint density at radius 1 is 0.714 bits per heavy atom. The maximum atomic E-state index is 14.2. The molecule has 16 heteroatoms. The number of para-hydroxylation sites is 1. The Labute approximate surface area is 326 Å². The van der Waals surface area contributed by atoms with Crippen LogP contribution < -0.4 is 32.3 Å². The fourth-order valence-corrected chi connectivity index (χ4v) is 6.03. The zero-order valence-electron chi connectivity index (χ0n) is 32.8. The molecule has 0 unspecified atom stereocenters. The lowest BCUT2D eigenvalue weighted by Gasteiger charge is -2.29. The van der Waals surface area contributed by atoms with Crippen LogP contribution in [0.3, 0.4) is 0 Å². The van der Waals surface area contributed by atoms with E-state index >= 15 is 0 Å². The number of hydrogen-bond donors (Lipinski definition) is 10. The summed E-state index contributed by atoms with van der Waals surface area (Å²) in [7, 11) is 0. The number of aliphatic hydroxyl groups is 1. The Morgan fingerprint density at radius 2 is 1.29 bits per heavy atom. The molecule has 2 aromatic carbocycles. The predicted octanol–water partition coefficient (Wildman–Crippen LogP) is 1.24. The molecule has 56 heavy (non-hydrogen) atoms. The van der Waals surface area contributed by atoms with Crippen LogP contribution in [0, 0.1) is 17.8 Å². The van der Waals surface area contributed by atoms with Gasteiger partial charge < -0.3 is 52.6 Å². The summed E-state index contributed by atoms with van der Waals surface area (Å²) < 4.78 is 0. The molecule has 0 saturated heterocycles. The second-order valence-electron chi connectivity index (χ2n) is 15.0. The van der Waals surface area contributed by atoms with Crippen LogP contribution in [0.5, 0.6) is 5.75 Å². The van der Waals surface area contributed by atoms with Gasteiger partial charge in [-0.1, -0.05) is 78.3 Å². The molecule has 0 bridgehead atoms. The third-order valence-corrected chi connectivity index (χ3v) is 9.69. The van der Waals surface area contributed by atoms with E-state index in [0.29, 0.717) is 17.5 Å². The van der Waals surface area contributed by atoms with Crippen molar-refractivity contribution in [3.8, 4) is 5.75 Å². The van der Waals surface area contributed by atoms with Crippen molar-refractivity contribution in [2.45, 2.75) is 103 Å². The van der Waals surface area contributed by atoms with E-state index in [-0.39, 0.29) is 36.8 Å². The van der Waals surface area contributed by atoms with E-state index in [1.165, 1.54) is 12.1 Å². The average Bonchev–Trinajstić information content (AvgIpc) is 3.57. The van der Waals surface area contributed by atoms with Crippen molar-refractivity contribution in [1.82, 2.24) is 31.6 Å². The lowest BCUT2D eigenvalue weighted by Crippen LogP contribution is -2.61. The second-order valence-corrected chi connectivity index (χ2v) is 15.0. The molecular weight excluding hydrogens is 722 g/mol. The van der Waals surface area contributed by atoms with Crippen LogP contribution in [0.1, 0.15) is 65.5 Å². The molecule has 0 aliphatic heterocycles. The number of fused-ring (bicyclic) bond motifs is 1. The van der Waals surface area contributed by atoms with E-state index in [4.69, 9.17) is 5.73 Å². The van der Waals surface area contributed by atoms with Crippen molar-refractivity contribution in [3.05, 3.63) is 65.9 Å². The van der Waals surface area contributed by atoms with Crippen LogP contribution in [-0.4, -0.2) is 98.7 Å². The summed E-state index contributed by atoms with van der Waals surface area (Å²) >= 11 is 0. The van der Waals surface area contributed by atoms with E-state index in [2.05, 4.69) is 31.6 Å². The number of nitrogens with two attached hydrogens (primary N) is 1. The Kier molecular flexibility index (Phi) is 16.8. The molecule has 7 atom stereocenters. The van der Waals surface area contributed by atoms with Gasteiger partial charge in [0.25, 0.3) is 0 Å². The fraction of sp³-hybridized carbons (Fsp3) is 0.500. The highest BCUT2D eigenvalue weighted by Crippen LogP contribution is 2.20. The number of carboxylic acids is 1. The predicted molar refractivity (Wildman–Crippen MR) is 210 cm³/mol. The van der Waals surface area contributed by atoms with Crippen molar-refractivity contribution >= 4 is 46.4 Å². The first-order valence-electron chi connectivity index (χ1n) is 18.9. The number of aromatic hydroxyl groups is 1. The van der Waals surface area contributed by atoms with Crippen LogP contribution in [0.25, 0.3) is 10.9 Å². The van der Waals surface area contributed by atoms with Crippen molar-refractivity contribution in [3.63, 3.8) is 0 Å². The molecule has 3 rings (SSSR count). The standard InChI is InChI=1S/C40H57N7O9/c1-7-23(6)34(47-36(51)29(16-21(2)3)43-37(52)32(20-48)46-38(53)33(41)22(4)5)39(54)44-30(18-25-19-42-28-11-9-8-10-27(25)28)35(50)45-31(40(55)56)17-24-12-14-26(49)15-13-24/h8-15,19,21-23,29-34,42,48-49H,7,16-18,20,41H2,1-6H3,(H,43,52)(H,44,54)(H,45,50)(H,46,53)(H,47,51)(H,55,56)/t23-,29-,30-,31-,32-,33-,34-/m0/s1. The Bertz CT molecular complexity index is 1810. The van der Waals surface area contributed by atoms with Gasteiger partial charge in [-0.2, -0.15) is 0 Å². The van der Waals surface area contributed by atoms with Gasteiger partial charge in [-0.25, -0.2) is 4.79 Å². The number of H-pyrrole nitrogens is 1. The number of nitrogens with one attached hydrogen (secondary N) is 6. The molecule has 1 aromatic heterocycles. The zero-order valence-corrected chi connectivity index (χ0v) is 32.8. The maximum absolute atomic E-state index is 14.2. The van der Waals surface area contributed by atoms with Gasteiger partial charge in [-0.05, 0) is 53.5 Å². The summed E-state index contributed by atoms with van der Waals surface area (Å²) in [6.45, 7) is 9.92. The number of phenols is 1. The molecule has 16 nitrogen and oxygen atoms in total. The van der Waals surface area contributed by atoms with Gasteiger partial charge in [0.1, 0.15) is 36.0 Å². The number of carbonyl (C=O) groups excluding carboxylic acids is 5. The summed E-state index contributed by atoms with van der Waals surface area (Å²) in [5.74, 6) is -5.77. The number of aromatic nitrogens is 1. The number of aliphatic carboxylic acids is 1. The molecule has 0 saturated carbocycles. The quantitative estimate of drug-likeness (QED) is 0.0739. The van der Waals surface area contributed by atoms with Gasteiger partial charge in [0.15, 0.2) is 0 Å². The first kappa shape index (κ1) is 44.9. The highest BCUT2D eigenvalue weighted by molar-refractivity contribution is 5.97. The molecule has 0 aliphatic carbocycles. The van der Waals surface area contributed by atoms with Gasteiger partial charge in [-0.3, -0.25) is 24.0 Å². The molecule has 0 fully saturated rings. The van der Waals surface area contributed by atoms with Crippen molar-refractivity contribution in [2.75, 3.05) is 6.61 Å². The number of carboxylic acid groups (broad SMARTS) is 1. The van der Waals surface area contributed by atoms with Crippen LogP contribution in [0.4, 0.5) is 0 Å². The molecule has 1 heterocycles. The highest BCUT2D eigenvalue weighted by Gasteiger charge is 2.35. The smallest absolute Gasteiger partial charge is 0.326 e. The minimum absolute atomic E-state index is 0.00261. The van der Waals surface area contributed by atoms with Gasteiger partial charge in [0.05, 0.1) is 12.6 Å². The van der Waals surface area contributed by atoms with Crippen LogP contribution in [0.2, 0.25) is 0 Å². The topological polar surface area (TPSA) is 265 Å². The van der Waals surface area contributed by atoms with Gasteiger partial charge >= 0.3 is 5.97 Å². The van der Waals surface area contributed by atoms with Crippen LogP contribution in [0.15, 0.2) is 54.7 Å². The van der Waals surface area contributed by atoms with Crippen LogP contribution >= 0.6 is 0 Å². The number of rotatable bonds is 21. The molecule has 306 valence electrons. The number of aliphatic hydroxyl groups excluding tert-OH is 1. The molecule has 0 aliphatic rings. The van der Waals surface area contributed by atoms with E-state index < -0.39 is 84.3 Å². The summed E-state index contributed by atoms with van der Waals surface area (Å²) in [4.78, 5) is 83.2.